The van der Waals surface area contributed by atoms with Gasteiger partial charge in [-0.25, -0.2) is 4.98 Å². The molecule has 3 aromatic rings. The summed E-state index contributed by atoms with van der Waals surface area (Å²) in [6.45, 7) is 6.48. The van der Waals surface area contributed by atoms with Crippen LogP contribution in [0.3, 0.4) is 0 Å². The summed E-state index contributed by atoms with van der Waals surface area (Å²) in [6.07, 6.45) is 3.75. The third kappa shape index (κ3) is 4.19. The van der Waals surface area contributed by atoms with Gasteiger partial charge in [-0.15, -0.1) is 21.5 Å². The molecule has 1 fully saturated rings. The molecule has 0 bridgehead atoms. The van der Waals surface area contributed by atoms with E-state index in [1.807, 2.05) is 6.07 Å². The zero-order valence-electron chi connectivity index (χ0n) is 15.8. The highest BCUT2D eigenvalue weighted by molar-refractivity contribution is 7.98. The lowest BCUT2D eigenvalue weighted by Gasteiger charge is -2.27. The molecule has 1 aromatic carbocycles. The maximum Gasteiger partial charge on any atom is 0.232 e. The van der Waals surface area contributed by atoms with Gasteiger partial charge in [0.1, 0.15) is 0 Å². The maximum absolute atomic E-state index is 4.75. The highest BCUT2D eigenvalue weighted by Crippen LogP contribution is 2.30. The van der Waals surface area contributed by atoms with Crippen LogP contribution in [0.2, 0.25) is 0 Å². The molecule has 0 radical (unpaired) electrons. The van der Waals surface area contributed by atoms with Crippen molar-refractivity contribution < 1.29 is 0 Å². The van der Waals surface area contributed by atoms with Crippen molar-refractivity contribution in [3.05, 3.63) is 46.4 Å². The molecular formula is C20H25N5S2. The number of para-hydroxylation sites is 1. The molecule has 1 aliphatic rings. The van der Waals surface area contributed by atoms with Gasteiger partial charge in [0, 0.05) is 30.1 Å². The Morgan fingerprint density at radius 2 is 1.85 bits per heavy atom. The second-order valence-electron chi connectivity index (χ2n) is 7.12. The van der Waals surface area contributed by atoms with E-state index in [1.165, 1.54) is 24.3 Å². The highest BCUT2D eigenvalue weighted by Gasteiger charge is 2.21. The Morgan fingerprint density at radius 3 is 2.56 bits per heavy atom. The van der Waals surface area contributed by atoms with E-state index in [9.17, 15) is 0 Å². The monoisotopic (exact) mass is 399 g/mol. The van der Waals surface area contributed by atoms with Crippen LogP contribution in [0.25, 0.3) is 5.69 Å². The van der Waals surface area contributed by atoms with Crippen molar-refractivity contribution in [3.8, 4) is 5.69 Å². The summed E-state index contributed by atoms with van der Waals surface area (Å²) in [7, 11) is 0. The van der Waals surface area contributed by atoms with E-state index in [1.54, 1.807) is 23.1 Å². The Morgan fingerprint density at radius 1 is 1.07 bits per heavy atom. The van der Waals surface area contributed by atoms with E-state index >= 15 is 0 Å². The van der Waals surface area contributed by atoms with Gasteiger partial charge in [-0.3, -0.25) is 4.57 Å². The van der Waals surface area contributed by atoms with E-state index in [0.717, 1.165) is 41.3 Å². The van der Waals surface area contributed by atoms with Gasteiger partial charge in [-0.05, 0) is 31.4 Å². The molecule has 2 aromatic heterocycles. The molecule has 0 atom stereocenters. The van der Waals surface area contributed by atoms with E-state index in [-0.39, 0.29) is 0 Å². The molecule has 0 spiro atoms. The Labute approximate surface area is 168 Å². The van der Waals surface area contributed by atoms with Gasteiger partial charge in [0.2, 0.25) is 5.95 Å². The standard InChI is InChI=1S/C20H25N5S2/c1-15(2)18-21-16(13-26-18)14-27-20-23-22-19(24-11-7-4-8-12-24)25(20)17-9-5-3-6-10-17/h3,5-6,9-10,13,15H,4,7-8,11-12,14H2,1-2H3. The molecule has 0 amide bonds. The van der Waals surface area contributed by atoms with Crippen LogP contribution >= 0.6 is 23.1 Å². The van der Waals surface area contributed by atoms with Crippen LogP contribution in [-0.2, 0) is 5.75 Å². The Balaban J connectivity index is 1.60. The summed E-state index contributed by atoms with van der Waals surface area (Å²) in [5.74, 6) is 2.26. The summed E-state index contributed by atoms with van der Waals surface area (Å²) in [5.41, 5.74) is 2.24. The summed E-state index contributed by atoms with van der Waals surface area (Å²) in [5, 5.41) is 13.4. The van der Waals surface area contributed by atoms with E-state index in [2.05, 4.69) is 63.2 Å². The van der Waals surface area contributed by atoms with Gasteiger partial charge in [0.15, 0.2) is 5.16 Å². The van der Waals surface area contributed by atoms with Gasteiger partial charge < -0.3 is 4.90 Å². The van der Waals surface area contributed by atoms with Crippen molar-refractivity contribution in [2.45, 2.75) is 49.9 Å². The Hall–Kier alpha value is -1.86. The summed E-state index contributed by atoms with van der Waals surface area (Å²) in [6, 6.07) is 10.4. The molecule has 1 aliphatic heterocycles. The van der Waals surface area contributed by atoms with Gasteiger partial charge in [0.25, 0.3) is 0 Å². The quantitative estimate of drug-likeness (QED) is 0.538. The fraction of sp³-hybridized carbons (Fsp3) is 0.450. The molecule has 4 rings (SSSR count). The number of thioether (sulfide) groups is 1. The molecule has 7 heteroatoms. The molecule has 5 nitrogen and oxygen atoms in total. The number of rotatable bonds is 6. The Kier molecular flexibility index (Phi) is 5.78. The van der Waals surface area contributed by atoms with Gasteiger partial charge in [-0.1, -0.05) is 43.8 Å². The predicted octanol–water partition coefficient (Wildman–Crippen LogP) is 5.13. The lowest BCUT2D eigenvalue weighted by Crippen LogP contribution is -2.31. The molecule has 27 heavy (non-hydrogen) atoms. The molecule has 0 aliphatic carbocycles. The van der Waals surface area contributed by atoms with Gasteiger partial charge >= 0.3 is 0 Å². The van der Waals surface area contributed by atoms with Gasteiger partial charge in [0.05, 0.1) is 16.4 Å². The van der Waals surface area contributed by atoms with Crippen LogP contribution in [-0.4, -0.2) is 32.8 Å². The van der Waals surface area contributed by atoms with Crippen molar-refractivity contribution in [3.63, 3.8) is 0 Å². The lowest BCUT2D eigenvalue weighted by molar-refractivity contribution is 0.564. The number of anilines is 1. The number of hydrogen-bond donors (Lipinski definition) is 0. The molecule has 1 saturated heterocycles. The van der Waals surface area contributed by atoms with Crippen LogP contribution < -0.4 is 4.90 Å². The molecule has 0 saturated carbocycles. The first-order chi connectivity index (χ1) is 13.2. The minimum atomic E-state index is 0.479. The largest absolute Gasteiger partial charge is 0.341 e. The van der Waals surface area contributed by atoms with Crippen molar-refractivity contribution in [2.75, 3.05) is 18.0 Å². The number of benzene rings is 1. The fourth-order valence-electron chi connectivity index (χ4n) is 3.25. The minimum absolute atomic E-state index is 0.479. The second-order valence-corrected chi connectivity index (χ2v) is 8.95. The van der Waals surface area contributed by atoms with Crippen molar-refractivity contribution in [2.24, 2.45) is 0 Å². The van der Waals surface area contributed by atoms with Crippen LogP contribution in [0.4, 0.5) is 5.95 Å². The first-order valence-electron chi connectivity index (χ1n) is 9.55. The summed E-state index contributed by atoms with van der Waals surface area (Å²) < 4.78 is 2.20. The Bertz CT molecular complexity index is 866. The van der Waals surface area contributed by atoms with E-state index < -0.39 is 0 Å². The number of thiazole rings is 1. The highest BCUT2D eigenvalue weighted by atomic mass is 32.2. The van der Waals surface area contributed by atoms with Gasteiger partial charge in [-0.2, -0.15) is 0 Å². The van der Waals surface area contributed by atoms with Crippen molar-refractivity contribution in [1.29, 1.82) is 0 Å². The second kappa shape index (κ2) is 8.44. The molecule has 142 valence electrons. The smallest absolute Gasteiger partial charge is 0.232 e. The minimum Gasteiger partial charge on any atom is -0.341 e. The predicted molar refractivity (Wildman–Crippen MR) is 113 cm³/mol. The fourth-order valence-corrected chi connectivity index (χ4v) is 5.03. The molecule has 0 unspecified atom stereocenters. The first-order valence-corrected chi connectivity index (χ1v) is 11.4. The van der Waals surface area contributed by atoms with Crippen LogP contribution in [0, 0.1) is 0 Å². The van der Waals surface area contributed by atoms with E-state index in [4.69, 9.17) is 4.98 Å². The van der Waals surface area contributed by atoms with E-state index in [0.29, 0.717) is 5.92 Å². The number of hydrogen-bond acceptors (Lipinski definition) is 6. The lowest BCUT2D eigenvalue weighted by atomic mass is 10.1. The average Bonchev–Trinajstić information content (AvgIpc) is 3.35. The third-order valence-electron chi connectivity index (χ3n) is 4.68. The zero-order valence-corrected chi connectivity index (χ0v) is 17.5. The van der Waals surface area contributed by atoms with Crippen LogP contribution in [0.1, 0.15) is 49.7 Å². The average molecular weight is 400 g/mol. The maximum atomic E-state index is 4.75. The van der Waals surface area contributed by atoms with Crippen molar-refractivity contribution >= 4 is 29.0 Å². The third-order valence-corrected chi connectivity index (χ3v) is 6.84. The van der Waals surface area contributed by atoms with Crippen LogP contribution in [0.15, 0.2) is 40.9 Å². The zero-order chi connectivity index (χ0) is 18.6. The number of piperidine rings is 1. The molecular weight excluding hydrogens is 374 g/mol. The number of aromatic nitrogens is 4. The summed E-state index contributed by atoms with van der Waals surface area (Å²) in [4.78, 5) is 7.12. The SMILES string of the molecule is CC(C)c1nc(CSc2nnc(N3CCCCC3)n2-c2ccccc2)cs1. The number of nitrogens with zero attached hydrogens (tertiary/aromatic N) is 5. The first kappa shape index (κ1) is 18.5. The summed E-state index contributed by atoms with van der Waals surface area (Å²) >= 11 is 3.46. The molecule has 3 heterocycles. The topological polar surface area (TPSA) is 46.8 Å². The normalized spacial score (nSPS) is 14.9. The van der Waals surface area contributed by atoms with Crippen molar-refractivity contribution in [1.82, 2.24) is 19.7 Å². The molecule has 0 N–H and O–H groups in total. The van der Waals surface area contributed by atoms with Crippen LogP contribution in [0.5, 0.6) is 0 Å².